The van der Waals surface area contributed by atoms with E-state index in [1.807, 2.05) is 6.92 Å². The normalized spacial score (nSPS) is 17.1. The van der Waals surface area contributed by atoms with E-state index in [4.69, 9.17) is 0 Å². The second kappa shape index (κ2) is 5.74. The van der Waals surface area contributed by atoms with Gasteiger partial charge in [0, 0.05) is 29.7 Å². The molecule has 1 aliphatic rings. The molecule has 1 fully saturated rings. The topological polar surface area (TPSA) is 28.2 Å². The van der Waals surface area contributed by atoms with E-state index in [-0.39, 0.29) is 0 Å². The van der Waals surface area contributed by atoms with Crippen LogP contribution >= 0.6 is 0 Å². The molecule has 112 valence electrons. The third-order valence-electron chi connectivity index (χ3n) is 4.91. The van der Waals surface area contributed by atoms with Crippen molar-refractivity contribution in [3.8, 4) is 0 Å². The molecule has 0 bridgehead atoms. The first-order valence-electron chi connectivity index (χ1n) is 7.84. The molecule has 1 heterocycles. The minimum absolute atomic E-state index is 0.384. The van der Waals surface area contributed by atoms with Crippen LogP contribution in [0.5, 0.6) is 0 Å². The number of likely N-dealkylation sites (N-methyl/N-ethyl adjacent to an activating group) is 1. The fourth-order valence-electron chi connectivity index (χ4n) is 3.19. The van der Waals surface area contributed by atoms with Crippen LogP contribution in [0.3, 0.4) is 0 Å². The van der Waals surface area contributed by atoms with Crippen molar-refractivity contribution in [2.75, 3.05) is 20.6 Å². The predicted molar refractivity (Wildman–Crippen MR) is 88.5 cm³/mol. The van der Waals surface area contributed by atoms with Gasteiger partial charge >= 0.3 is 0 Å². The summed E-state index contributed by atoms with van der Waals surface area (Å²) >= 11 is 0. The summed E-state index contributed by atoms with van der Waals surface area (Å²) in [5.41, 5.74) is 3.88. The molecule has 0 spiro atoms. The van der Waals surface area contributed by atoms with E-state index >= 15 is 0 Å². The zero-order chi connectivity index (χ0) is 14.9. The van der Waals surface area contributed by atoms with Crippen LogP contribution in [0.25, 0.3) is 10.9 Å². The molecule has 0 radical (unpaired) electrons. The third kappa shape index (κ3) is 2.94. The summed E-state index contributed by atoms with van der Waals surface area (Å²) in [5.74, 6) is 0. The van der Waals surface area contributed by atoms with Crippen molar-refractivity contribution in [2.45, 2.75) is 38.3 Å². The molecule has 0 amide bonds. The molecule has 1 aliphatic carbocycles. The Morgan fingerprint density at radius 2 is 2.00 bits per heavy atom. The number of fused-ring (bicyclic) bond motifs is 1. The van der Waals surface area contributed by atoms with Crippen LogP contribution in [0.1, 0.15) is 30.5 Å². The molecule has 0 atom stereocenters. The highest BCUT2D eigenvalue weighted by atomic mass is 15.2. The molecule has 3 heteroatoms. The predicted octanol–water partition coefficient (Wildman–Crippen LogP) is 3.12. The van der Waals surface area contributed by atoms with Crippen molar-refractivity contribution in [1.82, 2.24) is 15.2 Å². The monoisotopic (exact) mass is 283 g/mol. The van der Waals surface area contributed by atoms with E-state index in [0.29, 0.717) is 5.54 Å². The van der Waals surface area contributed by atoms with Crippen molar-refractivity contribution in [2.24, 2.45) is 0 Å². The molecule has 21 heavy (non-hydrogen) atoms. The largest absolute Gasteiger partial charge is 0.311 e. The first kappa shape index (κ1) is 14.5. The maximum absolute atomic E-state index is 4.55. The highest BCUT2D eigenvalue weighted by Gasteiger charge is 2.38. The molecule has 0 saturated heterocycles. The Morgan fingerprint density at radius 3 is 2.67 bits per heavy atom. The fraction of sp³-hybridized carbons (Fsp3) is 0.500. The second-order valence-electron chi connectivity index (χ2n) is 6.56. The maximum Gasteiger partial charge on any atom is 0.0705 e. The number of hydrogen-bond donors (Lipinski definition) is 1. The summed E-state index contributed by atoms with van der Waals surface area (Å²) in [6, 6.07) is 10.8. The van der Waals surface area contributed by atoms with Crippen molar-refractivity contribution in [3.05, 3.63) is 41.6 Å². The summed E-state index contributed by atoms with van der Waals surface area (Å²) in [6.07, 6.45) is 3.99. The van der Waals surface area contributed by atoms with Crippen LogP contribution in [0, 0.1) is 6.92 Å². The summed E-state index contributed by atoms with van der Waals surface area (Å²) in [4.78, 5) is 6.94. The number of aryl methyl sites for hydroxylation is 1. The molecule has 0 unspecified atom stereocenters. The molecule has 3 nitrogen and oxygen atoms in total. The van der Waals surface area contributed by atoms with Crippen molar-refractivity contribution in [1.29, 1.82) is 0 Å². The smallest absolute Gasteiger partial charge is 0.0705 e. The number of aromatic nitrogens is 1. The van der Waals surface area contributed by atoms with E-state index in [1.54, 1.807) is 0 Å². The Labute approximate surface area is 127 Å². The molecule has 0 aliphatic heterocycles. The Bertz CT molecular complexity index is 629. The number of nitrogens with one attached hydrogen (secondary N) is 1. The van der Waals surface area contributed by atoms with Crippen LogP contribution in [-0.2, 0) is 6.54 Å². The molecular weight excluding hydrogens is 258 g/mol. The van der Waals surface area contributed by atoms with Gasteiger partial charge in [0.2, 0.25) is 0 Å². The van der Waals surface area contributed by atoms with Crippen LogP contribution < -0.4 is 5.32 Å². The number of nitrogens with zero attached hydrogens (tertiary/aromatic N) is 2. The van der Waals surface area contributed by atoms with Gasteiger partial charge in [0.05, 0.1) is 5.52 Å². The molecule has 2 aromatic rings. The van der Waals surface area contributed by atoms with Gasteiger partial charge in [-0.05, 0) is 64.0 Å². The lowest BCUT2D eigenvalue weighted by atomic mass is 9.75. The van der Waals surface area contributed by atoms with Crippen LogP contribution in [0.2, 0.25) is 0 Å². The zero-order valence-corrected chi connectivity index (χ0v) is 13.3. The Balaban J connectivity index is 1.64. The lowest BCUT2D eigenvalue weighted by molar-refractivity contribution is 0.0598. The van der Waals surface area contributed by atoms with Gasteiger partial charge in [-0.15, -0.1) is 0 Å². The number of rotatable bonds is 5. The van der Waals surface area contributed by atoms with Gasteiger partial charge in [0.25, 0.3) is 0 Å². The number of pyridine rings is 1. The lowest BCUT2D eigenvalue weighted by Gasteiger charge is -2.47. The fourth-order valence-corrected chi connectivity index (χ4v) is 3.19. The van der Waals surface area contributed by atoms with Gasteiger partial charge in [-0.3, -0.25) is 4.98 Å². The van der Waals surface area contributed by atoms with Crippen molar-refractivity contribution in [3.63, 3.8) is 0 Å². The minimum atomic E-state index is 0.384. The Morgan fingerprint density at radius 1 is 1.19 bits per heavy atom. The standard InChI is InChI=1S/C18H25N3/c1-14-5-7-16-11-15(6-8-17(16)20-14)12-19-13-18(21(2)3)9-4-10-18/h5-8,11,19H,4,9-10,12-13H2,1-3H3. The Kier molecular flexibility index (Phi) is 3.96. The second-order valence-corrected chi connectivity index (χ2v) is 6.56. The lowest BCUT2D eigenvalue weighted by Crippen LogP contribution is -2.56. The van der Waals surface area contributed by atoms with E-state index in [1.165, 1.54) is 30.2 Å². The van der Waals surface area contributed by atoms with Crippen molar-refractivity contribution >= 4 is 10.9 Å². The SMILES string of the molecule is Cc1ccc2cc(CNCC3(N(C)C)CCC3)ccc2n1. The summed E-state index contributed by atoms with van der Waals surface area (Å²) < 4.78 is 0. The van der Waals surface area contributed by atoms with Gasteiger partial charge < -0.3 is 10.2 Å². The quantitative estimate of drug-likeness (QED) is 0.914. The first-order chi connectivity index (χ1) is 10.1. The van der Waals surface area contributed by atoms with E-state index < -0.39 is 0 Å². The number of hydrogen-bond acceptors (Lipinski definition) is 3. The molecule has 1 saturated carbocycles. The number of benzene rings is 1. The maximum atomic E-state index is 4.55. The average molecular weight is 283 g/mol. The van der Waals surface area contributed by atoms with Gasteiger partial charge in [-0.1, -0.05) is 12.1 Å². The molecule has 3 rings (SSSR count). The van der Waals surface area contributed by atoms with Crippen LogP contribution in [0.4, 0.5) is 0 Å². The zero-order valence-electron chi connectivity index (χ0n) is 13.3. The van der Waals surface area contributed by atoms with E-state index in [2.05, 4.69) is 59.6 Å². The summed E-state index contributed by atoms with van der Waals surface area (Å²) in [5, 5.41) is 4.87. The highest BCUT2D eigenvalue weighted by Crippen LogP contribution is 2.35. The average Bonchev–Trinajstić information content (AvgIpc) is 2.41. The van der Waals surface area contributed by atoms with Gasteiger partial charge in [-0.2, -0.15) is 0 Å². The molecular formula is C18H25N3. The minimum Gasteiger partial charge on any atom is -0.311 e. The van der Waals surface area contributed by atoms with Crippen LogP contribution in [0.15, 0.2) is 30.3 Å². The third-order valence-corrected chi connectivity index (χ3v) is 4.91. The van der Waals surface area contributed by atoms with E-state index in [0.717, 1.165) is 24.3 Å². The molecule has 1 aromatic heterocycles. The molecule has 1 aromatic carbocycles. The van der Waals surface area contributed by atoms with Crippen molar-refractivity contribution < 1.29 is 0 Å². The van der Waals surface area contributed by atoms with E-state index in [9.17, 15) is 0 Å². The summed E-state index contributed by atoms with van der Waals surface area (Å²) in [6.45, 7) is 4.04. The highest BCUT2D eigenvalue weighted by molar-refractivity contribution is 5.79. The Hall–Kier alpha value is -1.45. The summed E-state index contributed by atoms with van der Waals surface area (Å²) in [7, 11) is 4.40. The molecule has 1 N–H and O–H groups in total. The first-order valence-corrected chi connectivity index (χ1v) is 7.84. The van der Waals surface area contributed by atoms with Gasteiger partial charge in [-0.25, -0.2) is 0 Å². The van der Waals surface area contributed by atoms with Crippen LogP contribution in [-0.4, -0.2) is 36.1 Å². The van der Waals surface area contributed by atoms with Gasteiger partial charge in [0.15, 0.2) is 0 Å². The van der Waals surface area contributed by atoms with Gasteiger partial charge in [0.1, 0.15) is 0 Å².